The molecule has 0 amide bonds. The summed E-state index contributed by atoms with van der Waals surface area (Å²) in [4.78, 5) is 9.30. The molecule has 0 atom stereocenters. The van der Waals surface area contributed by atoms with Gasteiger partial charge in [-0.2, -0.15) is 0 Å². The average Bonchev–Trinajstić information content (AvgIpc) is 2.91. The lowest BCUT2D eigenvalue weighted by Crippen LogP contribution is -2.24. The number of benzene rings is 1. The smallest absolute Gasteiger partial charge is 0.190 e. The Labute approximate surface area is 153 Å². The highest BCUT2D eigenvalue weighted by Crippen LogP contribution is 2.34. The van der Waals surface area contributed by atoms with Gasteiger partial charge in [0.05, 0.1) is 16.6 Å². The molecule has 2 heterocycles. The van der Waals surface area contributed by atoms with Crippen LogP contribution in [0, 0.1) is 0 Å². The summed E-state index contributed by atoms with van der Waals surface area (Å²) in [5.41, 5.74) is 10.1. The molecule has 2 aromatic heterocycles. The summed E-state index contributed by atoms with van der Waals surface area (Å²) < 4.78 is 1.84. The maximum atomic E-state index is 6.45. The van der Waals surface area contributed by atoms with Crippen LogP contribution in [0.15, 0.2) is 29.4 Å². The topological polar surface area (TPSA) is 69.6 Å². The second kappa shape index (κ2) is 6.33. The molecular formula is C19H25N5S. The highest BCUT2D eigenvalue weighted by Gasteiger charge is 2.24. The summed E-state index contributed by atoms with van der Waals surface area (Å²) in [6.45, 7) is 10.6. The van der Waals surface area contributed by atoms with Crippen LogP contribution in [0.2, 0.25) is 0 Å². The van der Waals surface area contributed by atoms with Gasteiger partial charge in [0.25, 0.3) is 0 Å². The summed E-state index contributed by atoms with van der Waals surface area (Å²) in [6, 6.07) is 8.51. The number of anilines is 1. The fourth-order valence-corrected chi connectivity index (χ4v) is 3.19. The van der Waals surface area contributed by atoms with Crippen LogP contribution in [-0.4, -0.2) is 26.0 Å². The van der Waals surface area contributed by atoms with Crippen molar-refractivity contribution in [1.29, 1.82) is 0 Å². The minimum absolute atomic E-state index is 0.219. The van der Waals surface area contributed by atoms with Gasteiger partial charge in [-0.3, -0.25) is 0 Å². The molecular weight excluding hydrogens is 330 g/mol. The van der Waals surface area contributed by atoms with Gasteiger partial charge in [0.1, 0.15) is 5.82 Å². The van der Waals surface area contributed by atoms with E-state index in [4.69, 9.17) is 10.7 Å². The number of aromatic nitrogens is 4. The molecule has 0 saturated heterocycles. The molecule has 0 saturated carbocycles. The van der Waals surface area contributed by atoms with E-state index in [-0.39, 0.29) is 5.54 Å². The molecule has 0 fully saturated rings. The first-order chi connectivity index (χ1) is 11.7. The number of thioether (sulfide) groups is 1. The molecule has 0 bridgehead atoms. The lowest BCUT2D eigenvalue weighted by Gasteiger charge is -2.20. The van der Waals surface area contributed by atoms with Crippen LogP contribution in [0.4, 0.5) is 5.82 Å². The van der Waals surface area contributed by atoms with Crippen LogP contribution in [0.25, 0.3) is 22.3 Å². The normalized spacial score (nSPS) is 12.3. The minimum Gasteiger partial charge on any atom is -0.383 e. The van der Waals surface area contributed by atoms with Gasteiger partial charge in [-0.05, 0) is 38.5 Å². The zero-order valence-corrected chi connectivity index (χ0v) is 16.5. The van der Waals surface area contributed by atoms with E-state index in [9.17, 15) is 0 Å². The van der Waals surface area contributed by atoms with Crippen molar-refractivity contribution in [1.82, 2.24) is 19.7 Å². The highest BCUT2D eigenvalue weighted by atomic mass is 32.2. The minimum atomic E-state index is -0.219. The maximum Gasteiger partial charge on any atom is 0.190 e. The summed E-state index contributed by atoms with van der Waals surface area (Å²) in [6.07, 6.45) is 1.97. The van der Waals surface area contributed by atoms with Crippen LogP contribution < -0.4 is 5.73 Å². The maximum absolute atomic E-state index is 6.45. The third kappa shape index (κ3) is 3.23. The first kappa shape index (κ1) is 17.7. The Morgan fingerprint density at radius 1 is 1.08 bits per heavy atom. The van der Waals surface area contributed by atoms with E-state index in [0.717, 1.165) is 16.6 Å². The van der Waals surface area contributed by atoms with E-state index in [1.54, 1.807) is 0 Å². The molecule has 5 nitrogen and oxygen atoms in total. The molecule has 1 aromatic carbocycles. The number of nitrogens with two attached hydrogens (primary N) is 1. The Morgan fingerprint density at radius 3 is 2.24 bits per heavy atom. The van der Waals surface area contributed by atoms with Crippen LogP contribution in [0.1, 0.15) is 46.1 Å². The van der Waals surface area contributed by atoms with E-state index in [2.05, 4.69) is 69.0 Å². The quantitative estimate of drug-likeness (QED) is 0.546. The lowest BCUT2D eigenvalue weighted by atomic mass is 10.00. The van der Waals surface area contributed by atoms with Crippen molar-refractivity contribution in [2.75, 3.05) is 12.0 Å². The molecule has 0 aliphatic rings. The molecule has 0 radical (unpaired) electrons. The van der Waals surface area contributed by atoms with Crippen molar-refractivity contribution in [3.63, 3.8) is 0 Å². The van der Waals surface area contributed by atoms with Gasteiger partial charge in [-0.1, -0.05) is 49.9 Å². The largest absolute Gasteiger partial charge is 0.383 e. The third-order valence-electron chi connectivity index (χ3n) is 4.22. The molecule has 2 N–H and O–H groups in total. The fourth-order valence-electron chi connectivity index (χ4n) is 2.83. The van der Waals surface area contributed by atoms with Crippen molar-refractivity contribution in [3.8, 4) is 11.3 Å². The predicted octanol–water partition coefficient (Wildman–Crippen LogP) is 4.68. The van der Waals surface area contributed by atoms with Crippen molar-refractivity contribution in [2.45, 2.75) is 51.2 Å². The molecule has 3 rings (SSSR count). The predicted molar refractivity (Wildman–Crippen MR) is 106 cm³/mol. The average molecular weight is 356 g/mol. The zero-order valence-electron chi connectivity index (χ0n) is 15.7. The summed E-state index contributed by atoms with van der Waals surface area (Å²) in [5.74, 6) is 1.10. The molecule has 0 aliphatic heterocycles. The number of hydrogen-bond donors (Lipinski definition) is 1. The number of hydrogen-bond acceptors (Lipinski definition) is 5. The number of rotatable bonds is 3. The Kier molecular flexibility index (Phi) is 4.49. The lowest BCUT2D eigenvalue weighted by molar-refractivity contribution is 0.364. The monoisotopic (exact) mass is 355 g/mol. The van der Waals surface area contributed by atoms with Gasteiger partial charge in [-0.15, -0.1) is 5.10 Å². The van der Waals surface area contributed by atoms with Gasteiger partial charge >= 0.3 is 0 Å². The summed E-state index contributed by atoms with van der Waals surface area (Å²) in [7, 11) is 0. The van der Waals surface area contributed by atoms with Crippen LogP contribution in [0.3, 0.4) is 0 Å². The third-order valence-corrected chi connectivity index (χ3v) is 4.76. The van der Waals surface area contributed by atoms with Gasteiger partial charge in [0.15, 0.2) is 10.8 Å². The first-order valence-electron chi connectivity index (χ1n) is 8.43. The second-order valence-corrected chi connectivity index (χ2v) is 8.28. The number of fused-ring (bicyclic) bond motifs is 1. The Bertz CT molecular complexity index is 904. The van der Waals surface area contributed by atoms with Crippen LogP contribution in [-0.2, 0) is 5.54 Å². The van der Waals surface area contributed by atoms with E-state index >= 15 is 0 Å². The Balaban J connectivity index is 2.27. The van der Waals surface area contributed by atoms with Crippen molar-refractivity contribution in [2.24, 2.45) is 0 Å². The van der Waals surface area contributed by atoms with E-state index < -0.39 is 0 Å². The Morgan fingerprint density at radius 2 is 1.72 bits per heavy atom. The second-order valence-electron chi connectivity index (χ2n) is 7.50. The fraction of sp³-hybridized carbons (Fsp3) is 0.421. The van der Waals surface area contributed by atoms with Gasteiger partial charge in [-0.25, -0.2) is 14.6 Å². The molecule has 0 aliphatic carbocycles. The highest BCUT2D eigenvalue weighted by molar-refractivity contribution is 7.98. The molecule has 0 spiro atoms. The standard InChI is InChI=1S/C19H25N5S/c1-11(2)12-7-9-13(10-8-12)15-14-16(20)24(19(3,4)5)23-17(14)22-18(21-15)25-6/h7-11H,20H2,1-6H3. The Hall–Kier alpha value is -2.08. The zero-order chi connectivity index (χ0) is 18.4. The van der Waals surface area contributed by atoms with Gasteiger partial charge in [0.2, 0.25) is 0 Å². The van der Waals surface area contributed by atoms with Crippen molar-refractivity contribution < 1.29 is 0 Å². The number of nitrogens with zero attached hydrogens (tertiary/aromatic N) is 4. The van der Waals surface area contributed by atoms with Gasteiger partial charge in [0, 0.05) is 5.56 Å². The van der Waals surface area contributed by atoms with Crippen molar-refractivity contribution >= 4 is 28.6 Å². The first-order valence-corrected chi connectivity index (χ1v) is 9.66. The summed E-state index contributed by atoms with van der Waals surface area (Å²) in [5, 5.41) is 6.18. The van der Waals surface area contributed by atoms with Crippen molar-refractivity contribution in [3.05, 3.63) is 29.8 Å². The number of nitrogen functional groups attached to an aromatic ring is 1. The van der Waals surface area contributed by atoms with E-state index in [1.807, 2.05) is 10.9 Å². The molecule has 25 heavy (non-hydrogen) atoms. The SMILES string of the molecule is CSc1nc(-c2ccc(C(C)C)cc2)c2c(N)n(C(C)(C)C)nc2n1. The molecule has 132 valence electrons. The van der Waals surface area contributed by atoms with E-state index in [0.29, 0.717) is 22.5 Å². The molecule has 6 heteroatoms. The molecule has 0 unspecified atom stereocenters. The van der Waals surface area contributed by atoms with Crippen LogP contribution in [0.5, 0.6) is 0 Å². The van der Waals surface area contributed by atoms with E-state index in [1.165, 1.54) is 17.3 Å². The summed E-state index contributed by atoms with van der Waals surface area (Å²) >= 11 is 1.51. The van der Waals surface area contributed by atoms with Crippen LogP contribution >= 0.6 is 11.8 Å². The van der Waals surface area contributed by atoms with Gasteiger partial charge < -0.3 is 5.73 Å². The molecule has 3 aromatic rings.